The first kappa shape index (κ1) is 14.3. The number of nitrogens with one attached hydrogen (secondary N) is 1. The van der Waals surface area contributed by atoms with Gasteiger partial charge in [0.2, 0.25) is 0 Å². The molecule has 2 atom stereocenters. The van der Waals surface area contributed by atoms with E-state index in [0.717, 1.165) is 0 Å². The van der Waals surface area contributed by atoms with Crippen LogP contribution in [0.25, 0.3) is 0 Å². The highest BCUT2D eigenvalue weighted by atomic mass is 127. The van der Waals surface area contributed by atoms with Gasteiger partial charge in [-0.3, -0.25) is 0 Å². The van der Waals surface area contributed by atoms with Gasteiger partial charge < -0.3 is 5.32 Å². The average molecular weight is 349 g/mol. The van der Waals surface area contributed by atoms with Gasteiger partial charge in [0.05, 0.1) is 0 Å². The molecule has 0 heterocycles. The summed E-state index contributed by atoms with van der Waals surface area (Å²) in [5.74, 6) is 1.19. The van der Waals surface area contributed by atoms with Gasteiger partial charge >= 0.3 is 0 Å². The Balaban J connectivity index is 2.56. The molecule has 2 unspecified atom stereocenters. The number of benzene rings is 1. The van der Waals surface area contributed by atoms with Crippen molar-refractivity contribution < 1.29 is 0 Å². The van der Waals surface area contributed by atoms with Crippen LogP contribution < -0.4 is 5.32 Å². The predicted molar refractivity (Wildman–Crippen MR) is 83.2 cm³/mol. The SMILES string of the molecule is CCC(CSC)NC(C)c1ccc(I)cc1. The van der Waals surface area contributed by atoms with Gasteiger partial charge in [-0.05, 0) is 59.9 Å². The van der Waals surface area contributed by atoms with Crippen molar-refractivity contribution in [2.24, 2.45) is 0 Å². The second kappa shape index (κ2) is 7.56. The molecule has 1 N–H and O–H groups in total. The zero-order valence-corrected chi connectivity index (χ0v) is 13.1. The Morgan fingerprint density at radius 1 is 1.31 bits per heavy atom. The Labute approximate surface area is 117 Å². The summed E-state index contributed by atoms with van der Waals surface area (Å²) >= 11 is 4.25. The smallest absolute Gasteiger partial charge is 0.0294 e. The Morgan fingerprint density at radius 2 is 1.94 bits per heavy atom. The lowest BCUT2D eigenvalue weighted by Crippen LogP contribution is -2.32. The quantitative estimate of drug-likeness (QED) is 0.777. The molecule has 3 heteroatoms. The van der Waals surface area contributed by atoms with Crippen LogP contribution in [0.5, 0.6) is 0 Å². The minimum atomic E-state index is 0.439. The maximum Gasteiger partial charge on any atom is 0.0294 e. The van der Waals surface area contributed by atoms with Gasteiger partial charge in [-0.2, -0.15) is 11.8 Å². The van der Waals surface area contributed by atoms with Crippen molar-refractivity contribution in [1.82, 2.24) is 5.32 Å². The van der Waals surface area contributed by atoms with E-state index in [1.54, 1.807) is 0 Å². The molecule has 0 radical (unpaired) electrons. The van der Waals surface area contributed by atoms with Crippen LogP contribution >= 0.6 is 34.4 Å². The molecule has 1 nitrogen and oxygen atoms in total. The van der Waals surface area contributed by atoms with Gasteiger partial charge in [-0.1, -0.05) is 19.1 Å². The first-order valence-corrected chi connectivity index (χ1v) is 8.15. The van der Waals surface area contributed by atoms with Crippen molar-refractivity contribution in [2.75, 3.05) is 12.0 Å². The summed E-state index contributed by atoms with van der Waals surface area (Å²) in [6.07, 6.45) is 3.36. The van der Waals surface area contributed by atoms with Gasteiger partial charge in [-0.25, -0.2) is 0 Å². The van der Waals surface area contributed by atoms with Crippen LogP contribution in [-0.2, 0) is 0 Å². The summed E-state index contributed by atoms with van der Waals surface area (Å²) in [5, 5.41) is 3.68. The van der Waals surface area contributed by atoms with Crippen molar-refractivity contribution in [2.45, 2.75) is 32.4 Å². The molecule has 1 aromatic rings. The molecule has 0 fully saturated rings. The third kappa shape index (κ3) is 4.63. The summed E-state index contributed by atoms with van der Waals surface area (Å²) in [6.45, 7) is 4.49. The molecule has 0 saturated carbocycles. The molecule has 0 bridgehead atoms. The number of hydrogen-bond donors (Lipinski definition) is 1. The van der Waals surface area contributed by atoms with E-state index in [1.807, 2.05) is 11.8 Å². The van der Waals surface area contributed by atoms with E-state index in [0.29, 0.717) is 12.1 Å². The molecule has 0 saturated heterocycles. The second-order valence-corrected chi connectivity index (χ2v) is 6.16. The predicted octanol–water partition coefficient (Wildman–Crippen LogP) is 4.08. The van der Waals surface area contributed by atoms with E-state index in [9.17, 15) is 0 Å². The van der Waals surface area contributed by atoms with Gasteiger partial charge in [0.25, 0.3) is 0 Å². The molecular weight excluding hydrogens is 329 g/mol. The molecular formula is C13H20INS. The summed E-state index contributed by atoms with van der Waals surface area (Å²) in [6, 6.07) is 9.82. The summed E-state index contributed by atoms with van der Waals surface area (Å²) in [4.78, 5) is 0. The summed E-state index contributed by atoms with van der Waals surface area (Å²) in [5.41, 5.74) is 1.37. The largest absolute Gasteiger partial charge is 0.307 e. The van der Waals surface area contributed by atoms with Gasteiger partial charge in [0.15, 0.2) is 0 Å². The van der Waals surface area contributed by atoms with Crippen LogP contribution in [0.4, 0.5) is 0 Å². The van der Waals surface area contributed by atoms with E-state index in [2.05, 4.69) is 72.3 Å². The van der Waals surface area contributed by atoms with Crippen LogP contribution in [0.2, 0.25) is 0 Å². The molecule has 0 amide bonds. The highest BCUT2D eigenvalue weighted by Gasteiger charge is 2.10. The molecule has 0 spiro atoms. The van der Waals surface area contributed by atoms with E-state index < -0.39 is 0 Å². The fraction of sp³-hybridized carbons (Fsp3) is 0.538. The average Bonchev–Trinajstić information content (AvgIpc) is 2.29. The van der Waals surface area contributed by atoms with Crippen LogP contribution in [0.15, 0.2) is 24.3 Å². The minimum absolute atomic E-state index is 0.439. The Kier molecular flexibility index (Phi) is 6.77. The molecule has 0 aromatic heterocycles. The van der Waals surface area contributed by atoms with Crippen LogP contribution in [0.1, 0.15) is 31.9 Å². The maximum absolute atomic E-state index is 3.68. The van der Waals surface area contributed by atoms with E-state index in [4.69, 9.17) is 0 Å². The van der Waals surface area contributed by atoms with Crippen molar-refractivity contribution in [3.63, 3.8) is 0 Å². The molecule has 0 aliphatic heterocycles. The third-order valence-electron chi connectivity index (χ3n) is 2.72. The second-order valence-electron chi connectivity index (χ2n) is 4.00. The highest BCUT2D eigenvalue weighted by Crippen LogP contribution is 2.16. The van der Waals surface area contributed by atoms with Crippen LogP contribution in [-0.4, -0.2) is 18.1 Å². The van der Waals surface area contributed by atoms with Crippen molar-refractivity contribution in [1.29, 1.82) is 0 Å². The van der Waals surface area contributed by atoms with E-state index in [1.165, 1.54) is 21.3 Å². The fourth-order valence-corrected chi connectivity index (χ4v) is 2.78. The lowest BCUT2D eigenvalue weighted by Gasteiger charge is -2.22. The number of thioether (sulfide) groups is 1. The number of halogens is 1. The Hall–Kier alpha value is 0.260. The molecule has 0 aliphatic rings. The first-order valence-electron chi connectivity index (χ1n) is 5.67. The van der Waals surface area contributed by atoms with Gasteiger partial charge in [0.1, 0.15) is 0 Å². The van der Waals surface area contributed by atoms with E-state index in [-0.39, 0.29) is 0 Å². The zero-order valence-electron chi connectivity index (χ0n) is 10.2. The van der Waals surface area contributed by atoms with Gasteiger partial charge in [-0.15, -0.1) is 0 Å². The topological polar surface area (TPSA) is 12.0 Å². The molecule has 0 aliphatic carbocycles. The van der Waals surface area contributed by atoms with E-state index >= 15 is 0 Å². The molecule has 1 rings (SSSR count). The van der Waals surface area contributed by atoms with Crippen LogP contribution in [0, 0.1) is 3.57 Å². The monoisotopic (exact) mass is 349 g/mol. The first-order chi connectivity index (χ1) is 7.67. The van der Waals surface area contributed by atoms with Crippen molar-refractivity contribution in [3.05, 3.63) is 33.4 Å². The van der Waals surface area contributed by atoms with Crippen LogP contribution in [0.3, 0.4) is 0 Å². The van der Waals surface area contributed by atoms with Gasteiger partial charge in [0, 0.05) is 21.4 Å². The maximum atomic E-state index is 3.68. The molecule has 1 aromatic carbocycles. The Morgan fingerprint density at radius 3 is 2.44 bits per heavy atom. The minimum Gasteiger partial charge on any atom is -0.307 e. The molecule has 90 valence electrons. The lowest BCUT2D eigenvalue weighted by molar-refractivity contribution is 0.475. The van der Waals surface area contributed by atoms with Crippen molar-refractivity contribution in [3.8, 4) is 0 Å². The molecule has 16 heavy (non-hydrogen) atoms. The number of rotatable bonds is 6. The zero-order chi connectivity index (χ0) is 12.0. The summed E-state index contributed by atoms with van der Waals surface area (Å²) < 4.78 is 1.30. The third-order valence-corrected chi connectivity index (χ3v) is 4.17. The van der Waals surface area contributed by atoms with Crippen molar-refractivity contribution >= 4 is 34.4 Å². The fourth-order valence-electron chi connectivity index (χ4n) is 1.69. The normalized spacial score (nSPS) is 14.8. The lowest BCUT2D eigenvalue weighted by atomic mass is 10.1. The standard InChI is InChI=1S/C13H20INS/c1-4-13(9-16-3)15-10(2)11-5-7-12(14)8-6-11/h5-8,10,13,15H,4,9H2,1-3H3. The summed E-state index contributed by atoms with van der Waals surface area (Å²) in [7, 11) is 0. The highest BCUT2D eigenvalue weighted by molar-refractivity contribution is 14.1. The Bertz CT molecular complexity index is 299. The number of hydrogen-bond acceptors (Lipinski definition) is 2.